The lowest BCUT2D eigenvalue weighted by molar-refractivity contribution is -0.139. The number of rotatable bonds is 11. The Balaban J connectivity index is 1.80. The van der Waals surface area contributed by atoms with Gasteiger partial charge in [-0.2, -0.15) is 0 Å². The molecule has 0 saturated carbocycles. The van der Waals surface area contributed by atoms with Gasteiger partial charge >= 0.3 is 0 Å². The van der Waals surface area contributed by atoms with Crippen molar-refractivity contribution >= 4 is 39.1 Å². The number of benzene rings is 4. The number of likely N-dealkylation sites (N-methyl/N-ethyl adjacent to an activating group) is 1. The fourth-order valence-corrected chi connectivity index (χ4v) is 6.15. The predicted molar refractivity (Wildman–Crippen MR) is 162 cm³/mol. The topological polar surface area (TPSA) is 86.8 Å². The molecule has 2 amide bonds. The molecular weight excluding hydrogens is 577 g/mol. The number of aryl methyl sites for hydroxylation is 1. The summed E-state index contributed by atoms with van der Waals surface area (Å²) in [5.41, 5.74) is 1.90. The van der Waals surface area contributed by atoms with E-state index in [1.54, 1.807) is 36.4 Å². The molecule has 0 aliphatic rings. The van der Waals surface area contributed by atoms with Gasteiger partial charge in [0.05, 0.1) is 10.6 Å². The Hall–Kier alpha value is -4.21. The molecule has 0 bridgehead atoms. The van der Waals surface area contributed by atoms with Crippen molar-refractivity contribution < 1.29 is 22.4 Å². The van der Waals surface area contributed by atoms with Gasteiger partial charge in [0.25, 0.3) is 10.0 Å². The van der Waals surface area contributed by atoms with Crippen molar-refractivity contribution in [2.75, 3.05) is 17.9 Å². The minimum absolute atomic E-state index is 0.0842. The van der Waals surface area contributed by atoms with E-state index in [0.717, 1.165) is 21.5 Å². The smallest absolute Gasteiger partial charge is 0.264 e. The highest BCUT2D eigenvalue weighted by molar-refractivity contribution is 7.92. The van der Waals surface area contributed by atoms with Crippen LogP contribution in [-0.2, 0) is 32.6 Å². The second-order valence-electron chi connectivity index (χ2n) is 9.71. The van der Waals surface area contributed by atoms with Gasteiger partial charge in [-0.3, -0.25) is 13.9 Å². The zero-order valence-corrected chi connectivity index (χ0v) is 24.8. The third-order valence-corrected chi connectivity index (χ3v) is 8.97. The zero-order chi connectivity index (χ0) is 30.3. The van der Waals surface area contributed by atoms with Crippen molar-refractivity contribution in [3.63, 3.8) is 0 Å². The van der Waals surface area contributed by atoms with E-state index >= 15 is 4.39 Å². The summed E-state index contributed by atoms with van der Waals surface area (Å²) >= 11 is 6.44. The molecule has 4 aromatic carbocycles. The number of hydrogen-bond acceptors (Lipinski definition) is 4. The largest absolute Gasteiger partial charge is 0.357 e. The summed E-state index contributed by atoms with van der Waals surface area (Å²) in [7, 11) is -2.93. The van der Waals surface area contributed by atoms with Crippen molar-refractivity contribution in [3.05, 3.63) is 131 Å². The summed E-state index contributed by atoms with van der Waals surface area (Å²) in [4.78, 5) is 28.7. The van der Waals surface area contributed by atoms with Crippen LogP contribution in [0, 0.1) is 12.7 Å². The number of carbonyl (C=O) groups excluding carboxylic acids is 2. The summed E-state index contributed by atoms with van der Waals surface area (Å²) in [5.74, 6) is -1.97. The standard InChI is InChI=1S/C32H31ClFN3O4S/c1-23-16-18-26(19-17-23)42(40,41)37(29-15-9-8-14-28(29)34)22-31(38)36(21-25-12-6-7-13-27(25)33)30(32(39)35-2)20-24-10-4-3-5-11-24/h3-19,30H,20-22H2,1-2H3,(H,35,39)/t30-/m1/s1. The Morgan fingerprint density at radius 2 is 1.50 bits per heavy atom. The van der Waals surface area contributed by atoms with Gasteiger partial charge < -0.3 is 10.2 Å². The van der Waals surface area contributed by atoms with E-state index < -0.39 is 40.2 Å². The van der Waals surface area contributed by atoms with Crippen molar-refractivity contribution in [2.45, 2.75) is 30.8 Å². The van der Waals surface area contributed by atoms with E-state index in [0.29, 0.717) is 10.6 Å². The third kappa shape index (κ3) is 7.16. The normalized spacial score (nSPS) is 11.9. The maximum absolute atomic E-state index is 15.1. The lowest BCUT2D eigenvalue weighted by Crippen LogP contribution is -2.53. The molecule has 7 nitrogen and oxygen atoms in total. The van der Waals surface area contributed by atoms with Crippen molar-refractivity contribution in [3.8, 4) is 0 Å². The highest BCUT2D eigenvalue weighted by atomic mass is 35.5. The SMILES string of the molecule is CNC(=O)[C@@H](Cc1ccccc1)N(Cc1ccccc1Cl)C(=O)CN(c1ccccc1F)S(=O)(=O)c1ccc(C)cc1. The molecule has 4 rings (SSSR count). The molecule has 0 aliphatic heterocycles. The summed E-state index contributed by atoms with van der Waals surface area (Å²) < 4.78 is 43.7. The first-order valence-electron chi connectivity index (χ1n) is 13.2. The van der Waals surface area contributed by atoms with Crippen LogP contribution >= 0.6 is 11.6 Å². The van der Waals surface area contributed by atoms with Crippen LogP contribution in [0.25, 0.3) is 0 Å². The molecule has 0 unspecified atom stereocenters. The number of halogens is 2. The number of sulfonamides is 1. The molecule has 1 atom stereocenters. The molecule has 0 fully saturated rings. The van der Waals surface area contributed by atoms with Gasteiger partial charge in [-0.05, 0) is 48.4 Å². The highest BCUT2D eigenvalue weighted by Crippen LogP contribution is 2.28. The molecule has 0 aliphatic carbocycles. The summed E-state index contributed by atoms with van der Waals surface area (Å²) in [6.45, 7) is 0.968. The Kier molecular flexibility index (Phi) is 9.98. The van der Waals surface area contributed by atoms with E-state index in [9.17, 15) is 18.0 Å². The number of amides is 2. The molecule has 0 saturated heterocycles. The van der Waals surface area contributed by atoms with Gasteiger partial charge in [0.15, 0.2) is 0 Å². The minimum Gasteiger partial charge on any atom is -0.357 e. The molecule has 0 radical (unpaired) electrons. The van der Waals surface area contributed by atoms with Crippen molar-refractivity contribution in [2.24, 2.45) is 0 Å². The third-order valence-electron chi connectivity index (χ3n) is 6.83. The molecular formula is C32H31ClFN3O4S. The van der Waals surface area contributed by atoms with Crippen LogP contribution < -0.4 is 9.62 Å². The average molecular weight is 608 g/mol. The molecule has 10 heteroatoms. The summed E-state index contributed by atoms with van der Waals surface area (Å²) in [6.07, 6.45) is 0.154. The number of nitrogens with one attached hydrogen (secondary N) is 1. The Morgan fingerprint density at radius 1 is 0.881 bits per heavy atom. The molecule has 1 N–H and O–H groups in total. The van der Waals surface area contributed by atoms with Crippen LogP contribution in [0.3, 0.4) is 0 Å². The number of anilines is 1. The summed E-state index contributed by atoms with van der Waals surface area (Å²) in [6, 6.07) is 26.4. The lowest BCUT2D eigenvalue weighted by atomic mass is 10.0. The molecule has 4 aromatic rings. The fourth-order valence-electron chi connectivity index (χ4n) is 4.54. The van der Waals surface area contributed by atoms with Crippen LogP contribution in [0.4, 0.5) is 10.1 Å². The monoisotopic (exact) mass is 607 g/mol. The van der Waals surface area contributed by atoms with Gasteiger partial charge in [0, 0.05) is 25.0 Å². The maximum Gasteiger partial charge on any atom is 0.264 e. The highest BCUT2D eigenvalue weighted by Gasteiger charge is 2.35. The first-order valence-corrected chi connectivity index (χ1v) is 15.1. The molecule has 0 aromatic heterocycles. The number of hydrogen-bond donors (Lipinski definition) is 1. The zero-order valence-electron chi connectivity index (χ0n) is 23.2. The van der Waals surface area contributed by atoms with Gasteiger partial charge in [0.2, 0.25) is 11.8 Å². The Labute approximate surface area is 250 Å². The lowest BCUT2D eigenvalue weighted by Gasteiger charge is -2.33. The predicted octanol–water partition coefficient (Wildman–Crippen LogP) is 5.37. The fraction of sp³-hybridized carbons (Fsp3) is 0.188. The molecule has 0 heterocycles. The minimum atomic E-state index is -4.39. The van der Waals surface area contributed by atoms with Crippen molar-refractivity contribution in [1.29, 1.82) is 0 Å². The number of carbonyl (C=O) groups is 2. The van der Waals surface area contributed by atoms with Crippen LogP contribution in [-0.4, -0.2) is 44.8 Å². The van der Waals surface area contributed by atoms with Crippen molar-refractivity contribution in [1.82, 2.24) is 10.2 Å². The first-order chi connectivity index (χ1) is 20.1. The Morgan fingerprint density at radius 3 is 2.14 bits per heavy atom. The summed E-state index contributed by atoms with van der Waals surface area (Å²) in [5, 5.41) is 3.00. The van der Waals surface area contributed by atoms with Gasteiger partial charge in [-0.15, -0.1) is 0 Å². The van der Waals surface area contributed by atoms with E-state index in [-0.39, 0.29) is 23.5 Å². The number of para-hydroxylation sites is 1. The second kappa shape index (κ2) is 13.6. The second-order valence-corrected chi connectivity index (χ2v) is 12.0. The Bertz CT molecular complexity index is 1650. The molecule has 218 valence electrons. The first kappa shape index (κ1) is 30.7. The molecule has 42 heavy (non-hydrogen) atoms. The maximum atomic E-state index is 15.1. The van der Waals surface area contributed by atoms with Crippen LogP contribution in [0.1, 0.15) is 16.7 Å². The molecule has 0 spiro atoms. The van der Waals surface area contributed by atoms with Gasteiger partial charge in [-0.1, -0.05) is 90.0 Å². The van der Waals surface area contributed by atoms with Crippen LogP contribution in [0.5, 0.6) is 0 Å². The van der Waals surface area contributed by atoms with Crippen LogP contribution in [0.2, 0.25) is 5.02 Å². The van der Waals surface area contributed by atoms with Gasteiger partial charge in [-0.25, -0.2) is 12.8 Å². The number of nitrogens with zero attached hydrogens (tertiary/aromatic N) is 2. The van der Waals surface area contributed by atoms with E-state index in [1.165, 1.54) is 42.3 Å². The van der Waals surface area contributed by atoms with E-state index in [2.05, 4.69) is 5.32 Å². The van der Waals surface area contributed by atoms with Gasteiger partial charge in [0.1, 0.15) is 18.4 Å². The van der Waals surface area contributed by atoms with Crippen LogP contribution in [0.15, 0.2) is 108 Å². The van der Waals surface area contributed by atoms with E-state index in [4.69, 9.17) is 11.6 Å². The average Bonchev–Trinajstić information content (AvgIpc) is 2.99. The quantitative estimate of drug-likeness (QED) is 0.248. The van der Waals surface area contributed by atoms with E-state index in [1.807, 2.05) is 37.3 Å².